The summed E-state index contributed by atoms with van der Waals surface area (Å²) in [4.78, 5) is 0. The van der Waals surface area contributed by atoms with E-state index in [0.29, 0.717) is 6.04 Å². The molecule has 3 heteroatoms. The maximum absolute atomic E-state index is 6.06. The maximum Gasteiger partial charge on any atom is 0.0349 e. The zero-order valence-electron chi connectivity index (χ0n) is 13.2. The number of nitrogen functional groups attached to an aromatic ring is 1. The Morgan fingerprint density at radius 2 is 2.14 bits per heavy atom. The highest BCUT2D eigenvalue weighted by Crippen LogP contribution is 2.26. The molecule has 2 aromatic rings. The van der Waals surface area contributed by atoms with Crippen LogP contribution in [-0.2, 0) is 19.3 Å². The Labute approximate surface area is 137 Å². The monoisotopic (exact) mass is 314 g/mol. The lowest BCUT2D eigenvalue weighted by atomic mass is 9.87. The van der Waals surface area contributed by atoms with Crippen molar-refractivity contribution < 1.29 is 0 Å². The number of hydrogen-bond acceptors (Lipinski definition) is 3. The quantitative estimate of drug-likeness (QED) is 0.594. The predicted molar refractivity (Wildman–Crippen MR) is 96.5 cm³/mol. The van der Waals surface area contributed by atoms with E-state index in [4.69, 9.17) is 5.73 Å². The Morgan fingerprint density at radius 3 is 3.00 bits per heavy atom. The lowest BCUT2D eigenvalue weighted by Crippen LogP contribution is -2.35. The molecule has 22 heavy (non-hydrogen) atoms. The SMILES string of the molecule is Nc1cccc2c1CCC(NCCCCCc1ccsc1)C2. The number of aryl methyl sites for hydroxylation is 1. The van der Waals surface area contributed by atoms with Crippen molar-refractivity contribution in [2.45, 2.75) is 51.0 Å². The average Bonchev–Trinajstić information content (AvgIpc) is 3.04. The Bertz CT molecular complexity index is 577. The molecule has 3 N–H and O–H groups in total. The number of thiophene rings is 1. The molecule has 1 aromatic carbocycles. The van der Waals surface area contributed by atoms with Crippen LogP contribution in [0.15, 0.2) is 35.0 Å². The molecule has 1 aliphatic rings. The largest absolute Gasteiger partial charge is 0.398 e. The minimum absolute atomic E-state index is 0.631. The van der Waals surface area contributed by atoms with E-state index in [-0.39, 0.29) is 0 Å². The van der Waals surface area contributed by atoms with Crippen LogP contribution in [0.1, 0.15) is 42.4 Å². The Hall–Kier alpha value is -1.32. The summed E-state index contributed by atoms with van der Waals surface area (Å²) in [5.74, 6) is 0. The molecular formula is C19H26N2S. The molecule has 1 heterocycles. The van der Waals surface area contributed by atoms with Gasteiger partial charge in [0.1, 0.15) is 0 Å². The van der Waals surface area contributed by atoms with Gasteiger partial charge in [0.25, 0.3) is 0 Å². The van der Waals surface area contributed by atoms with Crippen LogP contribution in [0.3, 0.4) is 0 Å². The van der Waals surface area contributed by atoms with Gasteiger partial charge in [-0.1, -0.05) is 18.6 Å². The minimum Gasteiger partial charge on any atom is -0.398 e. The second-order valence-electron chi connectivity index (χ2n) is 6.32. The molecular weight excluding hydrogens is 288 g/mol. The molecule has 1 atom stereocenters. The molecule has 1 aliphatic carbocycles. The summed E-state index contributed by atoms with van der Waals surface area (Å²) in [5, 5.41) is 8.18. The Balaban J connectivity index is 1.33. The van der Waals surface area contributed by atoms with Gasteiger partial charge in [0, 0.05) is 11.7 Å². The van der Waals surface area contributed by atoms with Crippen molar-refractivity contribution in [2.24, 2.45) is 0 Å². The van der Waals surface area contributed by atoms with Crippen molar-refractivity contribution in [1.29, 1.82) is 0 Å². The highest BCUT2D eigenvalue weighted by molar-refractivity contribution is 7.07. The molecule has 0 spiro atoms. The Morgan fingerprint density at radius 1 is 1.18 bits per heavy atom. The maximum atomic E-state index is 6.06. The fourth-order valence-corrected chi connectivity index (χ4v) is 4.09. The summed E-state index contributed by atoms with van der Waals surface area (Å²) in [6.07, 6.45) is 8.62. The van der Waals surface area contributed by atoms with Crippen molar-refractivity contribution >= 4 is 17.0 Å². The van der Waals surface area contributed by atoms with E-state index >= 15 is 0 Å². The van der Waals surface area contributed by atoms with E-state index in [0.717, 1.165) is 25.1 Å². The van der Waals surface area contributed by atoms with Gasteiger partial charge in [0.05, 0.1) is 0 Å². The summed E-state index contributed by atoms with van der Waals surface area (Å²) in [6, 6.07) is 9.22. The third-order valence-electron chi connectivity index (χ3n) is 4.67. The molecule has 0 radical (unpaired) electrons. The molecule has 0 fully saturated rings. The summed E-state index contributed by atoms with van der Waals surface area (Å²) in [5.41, 5.74) is 11.4. The highest BCUT2D eigenvalue weighted by atomic mass is 32.1. The standard InChI is InChI=1S/C19H26N2S/c20-19-7-4-6-16-13-17(8-9-18(16)19)21-11-3-1-2-5-15-10-12-22-14-15/h4,6-7,10,12,14,17,21H,1-3,5,8-9,11,13,20H2. The summed E-state index contributed by atoms with van der Waals surface area (Å²) in [6.45, 7) is 1.14. The molecule has 2 nitrogen and oxygen atoms in total. The smallest absolute Gasteiger partial charge is 0.0349 e. The normalized spacial score (nSPS) is 17.4. The van der Waals surface area contributed by atoms with Crippen molar-refractivity contribution in [1.82, 2.24) is 5.32 Å². The molecule has 0 amide bonds. The van der Waals surface area contributed by atoms with Crippen molar-refractivity contribution in [3.63, 3.8) is 0 Å². The van der Waals surface area contributed by atoms with E-state index < -0.39 is 0 Å². The van der Waals surface area contributed by atoms with Crippen LogP contribution in [0.4, 0.5) is 5.69 Å². The van der Waals surface area contributed by atoms with Gasteiger partial charge in [0.2, 0.25) is 0 Å². The third-order valence-corrected chi connectivity index (χ3v) is 5.41. The van der Waals surface area contributed by atoms with E-state index in [1.165, 1.54) is 48.8 Å². The second-order valence-corrected chi connectivity index (χ2v) is 7.10. The first-order valence-corrected chi connectivity index (χ1v) is 9.38. The van der Waals surface area contributed by atoms with Crippen LogP contribution in [0, 0.1) is 0 Å². The van der Waals surface area contributed by atoms with E-state index in [2.05, 4.69) is 34.3 Å². The lowest BCUT2D eigenvalue weighted by molar-refractivity contribution is 0.449. The van der Waals surface area contributed by atoms with Crippen LogP contribution in [0.2, 0.25) is 0 Å². The fourth-order valence-electron chi connectivity index (χ4n) is 3.38. The van der Waals surface area contributed by atoms with Crippen LogP contribution >= 0.6 is 11.3 Å². The first-order chi connectivity index (χ1) is 10.8. The number of unbranched alkanes of at least 4 members (excludes halogenated alkanes) is 2. The molecule has 118 valence electrons. The topological polar surface area (TPSA) is 38.0 Å². The zero-order chi connectivity index (χ0) is 15.2. The van der Waals surface area contributed by atoms with Gasteiger partial charge in [0.15, 0.2) is 0 Å². The van der Waals surface area contributed by atoms with Gasteiger partial charge in [-0.05, 0) is 84.7 Å². The number of nitrogens with one attached hydrogen (secondary N) is 1. The molecule has 0 saturated carbocycles. The lowest BCUT2D eigenvalue weighted by Gasteiger charge is -2.26. The van der Waals surface area contributed by atoms with Gasteiger partial charge in [-0.3, -0.25) is 0 Å². The van der Waals surface area contributed by atoms with E-state index in [9.17, 15) is 0 Å². The average molecular weight is 314 g/mol. The minimum atomic E-state index is 0.631. The van der Waals surface area contributed by atoms with Crippen LogP contribution in [0.5, 0.6) is 0 Å². The number of benzene rings is 1. The van der Waals surface area contributed by atoms with E-state index in [1.807, 2.05) is 6.07 Å². The van der Waals surface area contributed by atoms with Crippen LogP contribution in [0.25, 0.3) is 0 Å². The van der Waals surface area contributed by atoms with Gasteiger partial charge in [-0.15, -0.1) is 0 Å². The van der Waals surface area contributed by atoms with Crippen molar-refractivity contribution in [3.05, 3.63) is 51.7 Å². The van der Waals surface area contributed by atoms with Gasteiger partial charge < -0.3 is 11.1 Å². The number of fused-ring (bicyclic) bond motifs is 1. The first-order valence-electron chi connectivity index (χ1n) is 8.43. The highest BCUT2D eigenvalue weighted by Gasteiger charge is 2.19. The predicted octanol–water partition coefficient (Wildman–Crippen LogP) is 4.19. The second kappa shape index (κ2) is 7.80. The molecule has 0 aliphatic heterocycles. The molecule has 3 rings (SSSR count). The third kappa shape index (κ3) is 4.11. The fraction of sp³-hybridized carbons (Fsp3) is 0.474. The van der Waals surface area contributed by atoms with Gasteiger partial charge >= 0.3 is 0 Å². The number of nitrogens with two attached hydrogens (primary N) is 1. The first kappa shape index (κ1) is 15.6. The molecule has 0 bridgehead atoms. The molecule has 0 saturated heterocycles. The molecule has 1 unspecified atom stereocenters. The summed E-state index contributed by atoms with van der Waals surface area (Å²) < 4.78 is 0. The van der Waals surface area contributed by atoms with Gasteiger partial charge in [-0.25, -0.2) is 0 Å². The van der Waals surface area contributed by atoms with Crippen molar-refractivity contribution in [3.8, 4) is 0 Å². The zero-order valence-corrected chi connectivity index (χ0v) is 14.0. The van der Waals surface area contributed by atoms with Gasteiger partial charge in [-0.2, -0.15) is 11.3 Å². The number of hydrogen-bond donors (Lipinski definition) is 2. The van der Waals surface area contributed by atoms with E-state index in [1.54, 1.807) is 11.3 Å². The Kier molecular flexibility index (Phi) is 5.52. The number of rotatable bonds is 7. The van der Waals surface area contributed by atoms with Crippen LogP contribution < -0.4 is 11.1 Å². The molecule has 1 aromatic heterocycles. The number of anilines is 1. The summed E-state index contributed by atoms with van der Waals surface area (Å²) in [7, 11) is 0. The van der Waals surface area contributed by atoms with Crippen LogP contribution in [-0.4, -0.2) is 12.6 Å². The summed E-state index contributed by atoms with van der Waals surface area (Å²) >= 11 is 1.80. The van der Waals surface area contributed by atoms with Crippen molar-refractivity contribution in [2.75, 3.05) is 12.3 Å².